The third-order valence-electron chi connectivity index (χ3n) is 3.28. The molecule has 0 fully saturated rings. The van der Waals surface area contributed by atoms with E-state index in [0.29, 0.717) is 12.2 Å². The zero-order valence-corrected chi connectivity index (χ0v) is 14.9. The van der Waals surface area contributed by atoms with Crippen LogP contribution in [0.25, 0.3) is 0 Å². The second-order valence-electron chi connectivity index (χ2n) is 6.00. The number of carbonyl (C=O) groups excluding carboxylic acids is 2. The average molecular weight is 373 g/mol. The van der Waals surface area contributed by atoms with Gasteiger partial charge in [-0.3, -0.25) is 10.1 Å². The number of nitrogens with zero attached hydrogens (tertiary/aromatic N) is 1. The highest BCUT2D eigenvalue weighted by Gasteiger charge is 2.16. The van der Waals surface area contributed by atoms with Crippen molar-refractivity contribution in [2.75, 3.05) is 13.2 Å². The van der Waals surface area contributed by atoms with Crippen molar-refractivity contribution < 1.29 is 28.7 Å². The van der Waals surface area contributed by atoms with E-state index >= 15 is 0 Å². The van der Waals surface area contributed by atoms with Gasteiger partial charge in [0.1, 0.15) is 5.75 Å². The lowest BCUT2D eigenvalue weighted by Crippen LogP contribution is -2.18. The number of esters is 2. The van der Waals surface area contributed by atoms with Crippen LogP contribution >= 0.6 is 0 Å². The normalized spacial score (nSPS) is 10.3. The van der Waals surface area contributed by atoms with Crippen LogP contribution in [0, 0.1) is 16.0 Å². The molecular weight excluding hydrogens is 354 g/mol. The maximum Gasteiger partial charge on any atom is 0.349 e. The van der Waals surface area contributed by atoms with Gasteiger partial charge in [-0.1, -0.05) is 26.0 Å². The van der Waals surface area contributed by atoms with Gasteiger partial charge in [-0.2, -0.15) is 0 Å². The number of para-hydroxylation sites is 2. The molecule has 0 atom stereocenters. The molecule has 0 amide bonds. The van der Waals surface area contributed by atoms with E-state index in [9.17, 15) is 19.7 Å². The molecule has 0 aliphatic carbocycles. The molecular formula is C19H19NO7. The highest BCUT2D eigenvalue weighted by molar-refractivity contribution is 5.89. The molecule has 142 valence electrons. The highest BCUT2D eigenvalue weighted by Crippen LogP contribution is 2.25. The van der Waals surface area contributed by atoms with Crippen molar-refractivity contribution in [1.82, 2.24) is 0 Å². The summed E-state index contributed by atoms with van der Waals surface area (Å²) >= 11 is 0. The molecule has 8 heteroatoms. The van der Waals surface area contributed by atoms with Crippen LogP contribution < -0.4 is 9.47 Å². The van der Waals surface area contributed by atoms with E-state index in [1.165, 1.54) is 42.5 Å². The zero-order valence-electron chi connectivity index (χ0n) is 14.9. The molecule has 2 aromatic carbocycles. The number of nitro benzene ring substituents is 1. The first kappa shape index (κ1) is 19.9. The number of hydrogen-bond acceptors (Lipinski definition) is 7. The predicted molar refractivity (Wildman–Crippen MR) is 95.8 cm³/mol. The van der Waals surface area contributed by atoms with Crippen molar-refractivity contribution >= 4 is 17.6 Å². The number of nitro groups is 1. The Balaban J connectivity index is 1.89. The summed E-state index contributed by atoms with van der Waals surface area (Å²) in [6.07, 6.45) is 0. The molecule has 0 unspecified atom stereocenters. The first-order valence-electron chi connectivity index (χ1n) is 8.21. The molecule has 8 nitrogen and oxygen atoms in total. The maximum absolute atomic E-state index is 11.9. The van der Waals surface area contributed by atoms with E-state index in [1.807, 2.05) is 13.8 Å². The van der Waals surface area contributed by atoms with Crippen molar-refractivity contribution in [1.29, 1.82) is 0 Å². The van der Waals surface area contributed by atoms with E-state index in [2.05, 4.69) is 0 Å². The molecule has 0 aliphatic heterocycles. The molecule has 0 heterocycles. The summed E-state index contributed by atoms with van der Waals surface area (Å²) in [5.41, 5.74) is 0.0983. The summed E-state index contributed by atoms with van der Waals surface area (Å²) in [5.74, 6) is -0.770. The summed E-state index contributed by atoms with van der Waals surface area (Å²) in [7, 11) is 0. The summed E-state index contributed by atoms with van der Waals surface area (Å²) in [5, 5.41) is 10.9. The van der Waals surface area contributed by atoms with E-state index in [4.69, 9.17) is 14.2 Å². The minimum Gasteiger partial charge on any atom is -0.475 e. The van der Waals surface area contributed by atoms with Gasteiger partial charge in [0.2, 0.25) is 0 Å². The topological polar surface area (TPSA) is 105 Å². The summed E-state index contributed by atoms with van der Waals surface area (Å²) < 4.78 is 15.3. The molecule has 0 spiro atoms. The summed E-state index contributed by atoms with van der Waals surface area (Å²) in [4.78, 5) is 34.0. The lowest BCUT2D eigenvalue weighted by Gasteiger charge is -2.09. The van der Waals surface area contributed by atoms with Crippen molar-refractivity contribution in [2.24, 2.45) is 5.92 Å². The largest absolute Gasteiger partial charge is 0.475 e. The molecule has 0 radical (unpaired) electrons. The van der Waals surface area contributed by atoms with Gasteiger partial charge in [0.25, 0.3) is 0 Å². The lowest BCUT2D eigenvalue weighted by atomic mass is 10.2. The lowest BCUT2D eigenvalue weighted by molar-refractivity contribution is -0.385. The van der Waals surface area contributed by atoms with E-state index in [0.717, 1.165) is 0 Å². The van der Waals surface area contributed by atoms with Crippen LogP contribution in [0.15, 0.2) is 48.5 Å². The van der Waals surface area contributed by atoms with Crippen molar-refractivity contribution in [3.63, 3.8) is 0 Å². The number of rotatable bonds is 8. The van der Waals surface area contributed by atoms with Gasteiger partial charge in [0.15, 0.2) is 12.4 Å². The van der Waals surface area contributed by atoms with E-state index in [1.54, 1.807) is 6.07 Å². The fourth-order valence-corrected chi connectivity index (χ4v) is 2.01. The fourth-order valence-electron chi connectivity index (χ4n) is 2.01. The van der Waals surface area contributed by atoms with Gasteiger partial charge in [-0.15, -0.1) is 0 Å². The van der Waals surface area contributed by atoms with Crippen molar-refractivity contribution in [2.45, 2.75) is 13.8 Å². The highest BCUT2D eigenvalue weighted by atomic mass is 16.6. The van der Waals surface area contributed by atoms with Crippen LogP contribution in [0.5, 0.6) is 11.5 Å². The third kappa shape index (κ3) is 6.10. The Labute approximate surface area is 155 Å². The molecule has 0 saturated heterocycles. The number of ether oxygens (including phenoxy) is 3. The Bertz CT molecular complexity index is 815. The second-order valence-corrected chi connectivity index (χ2v) is 6.00. The van der Waals surface area contributed by atoms with Gasteiger partial charge in [0, 0.05) is 6.07 Å². The Morgan fingerprint density at radius 2 is 1.74 bits per heavy atom. The Kier molecular flexibility index (Phi) is 6.87. The molecule has 2 aromatic rings. The molecule has 0 saturated carbocycles. The standard InChI is InChI=1S/C19H19NO7/c1-13(2)11-26-19(22)14-7-9-15(10-8-14)27-18(21)12-25-17-6-4-3-5-16(17)20(23)24/h3-10,13H,11-12H2,1-2H3. The molecule has 0 bridgehead atoms. The molecule has 27 heavy (non-hydrogen) atoms. The van der Waals surface area contributed by atoms with Gasteiger partial charge in [-0.25, -0.2) is 9.59 Å². The molecule has 0 aromatic heterocycles. The first-order valence-corrected chi connectivity index (χ1v) is 8.21. The SMILES string of the molecule is CC(C)COC(=O)c1ccc(OC(=O)COc2ccccc2[N+](=O)[O-])cc1. The van der Waals surface area contributed by atoms with Crippen LogP contribution in [-0.4, -0.2) is 30.1 Å². The van der Waals surface area contributed by atoms with E-state index < -0.39 is 23.5 Å². The van der Waals surface area contributed by atoms with E-state index in [-0.39, 0.29) is 23.1 Å². The van der Waals surface area contributed by atoms with Crippen LogP contribution in [0.2, 0.25) is 0 Å². The predicted octanol–water partition coefficient (Wildman–Crippen LogP) is 3.39. The summed E-state index contributed by atoms with van der Waals surface area (Å²) in [6, 6.07) is 11.6. The maximum atomic E-state index is 11.9. The Morgan fingerprint density at radius 3 is 2.37 bits per heavy atom. The third-order valence-corrected chi connectivity index (χ3v) is 3.28. The van der Waals surface area contributed by atoms with Crippen molar-refractivity contribution in [3.05, 3.63) is 64.2 Å². The van der Waals surface area contributed by atoms with Gasteiger partial charge >= 0.3 is 17.6 Å². The first-order chi connectivity index (χ1) is 12.9. The van der Waals surface area contributed by atoms with Gasteiger partial charge < -0.3 is 14.2 Å². The average Bonchev–Trinajstić information content (AvgIpc) is 2.65. The Hall–Kier alpha value is -3.42. The number of hydrogen-bond donors (Lipinski definition) is 0. The fraction of sp³-hybridized carbons (Fsp3) is 0.263. The minimum absolute atomic E-state index is 0.0253. The number of carbonyl (C=O) groups is 2. The van der Waals surface area contributed by atoms with Gasteiger partial charge in [0.05, 0.1) is 17.1 Å². The molecule has 0 N–H and O–H groups in total. The van der Waals surface area contributed by atoms with Gasteiger partial charge in [-0.05, 0) is 36.2 Å². The van der Waals surface area contributed by atoms with Crippen LogP contribution in [-0.2, 0) is 9.53 Å². The zero-order chi connectivity index (χ0) is 19.8. The van der Waals surface area contributed by atoms with Crippen molar-refractivity contribution in [3.8, 4) is 11.5 Å². The number of benzene rings is 2. The molecule has 2 rings (SSSR count). The van der Waals surface area contributed by atoms with Crippen LogP contribution in [0.4, 0.5) is 5.69 Å². The minimum atomic E-state index is -0.733. The summed E-state index contributed by atoms with van der Waals surface area (Å²) in [6.45, 7) is 3.69. The van der Waals surface area contributed by atoms with Crippen LogP contribution in [0.1, 0.15) is 24.2 Å². The Morgan fingerprint density at radius 1 is 1.07 bits per heavy atom. The molecule has 0 aliphatic rings. The second kappa shape index (κ2) is 9.33. The smallest absolute Gasteiger partial charge is 0.349 e. The van der Waals surface area contributed by atoms with Crippen LogP contribution in [0.3, 0.4) is 0 Å². The quantitative estimate of drug-likeness (QED) is 0.302. The monoisotopic (exact) mass is 373 g/mol.